The Labute approximate surface area is 283 Å². The standard InChI is InChI=1S/C38H39NO8S/c40-23-25-11-13-27(14-12-25)34-21-32(24-48-33-17-15-28(16-18-33)37(44)45)46-38(47-34)31-8-4-7-30(20-31)29-6-3-5-26(19-29)22-39-35(41)9-1-2-10-36(42)43/h3-8,11-20,32,34,38,40H,1-2,9-10,21-24H2,(H,39,41)(H,42,43)(H,44,45)/t32-,34+,38+/m0/s1. The molecule has 3 atom stereocenters. The zero-order valence-corrected chi connectivity index (χ0v) is 27.2. The number of aliphatic hydroxyl groups excluding tert-OH is 1. The zero-order valence-electron chi connectivity index (χ0n) is 26.4. The molecule has 1 amide bonds. The lowest BCUT2D eigenvalue weighted by molar-refractivity contribution is -0.245. The van der Waals surface area contributed by atoms with Crippen molar-refractivity contribution in [1.29, 1.82) is 0 Å². The van der Waals surface area contributed by atoms with Crippen molar-refractivity contribution in [2.45, 2.75) is 68.6 Å². The monoisotopic (exact) mass is 669 g/mol. The highest BCUT2D eigenvalue weighted by atomic mass is 32.2. The number of aliphatic hydroxyl groups is 1. The summed E-state index contributed by atoms with van der Waals surface area (Å²) in [5.74, 6) is -1.28. The predicted molar refractivity (Wildman–Crippen MR) is 182 cm³/mol. The molecule has 9 nitrogen and oxygen atoms in total. The number of aliphatic carboxylic acids is 1. The molecular weight excluding hydrogens is 630 g/mol. The molecule has 0 radical (unpaired) electrons. The van der Waals surface area contributed by atoms with E-state index in [1.807, 2.05) is 78.9 Å². The molecule has 0 spiro atoms. The molecule has 0 aromatic heterocycles. The van der Waals surface area contributed by atoms with Crippen molar-refractivity contribution < 1.29 is 39.2 Å². The molecule has 10 heteroatoms. The van der Waals surface area contributed by atoms with Crippen LogP contribution in [0.5, 0.6) is 0 Å². The minimum absolute atomic E-state index is 0.0353. The maximum absolute atomic E-state index is 12.3. The summed E-state index contributed by atoms with van der Waals surface area (Å²) in [5.41, 5.74) is 5.83. The number of rotatable bonds is 15. The highest BCUT2D eigenvalue weighted by molar-refractivity contribution is 7.99. The molecule has 4 N–H and O–H groups in total. The summed E-state index contributed by atoms with van der Waals surface area (Å²) in [7, 11) is 0. The fourth-order valence-electron chi connectivity index (χ4n) is 5.48. The first-order chi connectivity index (χ1) is 23.3. The van der Waals surface area contributed by atoms with E-state index in [0.29, 0.717) is 38.0 Å². The lowest BCUT2D eigenvalue weighted by atomic mass is 9.99. The van der Waals surface area contributed by atoms with Crippen molar-refractivity contribution in [2.24, 2.45) is 0 Å². The number of carbonyl (C=O) groups excluding carboxylic acids is 1. The molecule has 1 saturated heterocycles. The molecule has 0 saturated carbocycles. The molecule has 0 bridgehead atoms. The number of thioether (sulfide) groups is 1. The van der Waals surface area contributed by atoms with Gasteiger partial charge in [-0.3, -0.25) is 9.59 Å². The molecule has 5 rings (SSSR count). The molecular formula is C38H39NO8S. The van der Waals surface area contributed by atoms with E-state index >= 15 is 0 Å². The zero-order chi connectivity index (χ0) is 33.9. The number of unbranched alkanes of at least 4 members (excludes halogenated alkanes) is 1. The highest BCUT2D eigenvalue weighted by Crippen LogP contribution is 2.40. The highest BCUT2D eigenvalue weighted by Gasteiger charge is 2.32. The van der Waals surface area contributed by atoms with Gasteiger partial charge in [-0.05, 0) is 77.1 Å². The van der Waals surface area contributed by atoms with Gasteiger partial charge in [-0.2, -0.15) is 0 Å². The van der Waals surface area contributed by atoms with Crippen LogP contribution in [-0.2, 0) is 32.2 Å². The minimum atomic E-state index is -0.959. The molecule has 0 aliphatic carbocycles. The smallest absolute Gasteiger partial charge is 0.335 e. The third-order valence-corrected chi connectivity index (χ3v) is 9.25. The third kappa shape index (κ3) is 10.0. The molecule has 4 aromatic rings. The van der Waals surface area contributed by atoms with Gasteiger partial charge < -0.3 is 30.1 Å². The lowest BCUT2D eigenvalue weighted by Crippen LogP contribution is -2.31. The molecule has 0 unspecified atom stereocenters. The van der Waals surface area contributed by atoms with Gasteiger partial charge in [-0.15, -0.1) is 11.8 Å². The summed E-state index contributed by atoms with van der Waals surface area (Å²) in [6.45, 7) is 0.335. The Morgan fingerprint density at radius 3 is 2.19 bits per heavy atom. The van der Waals surface area contributed by atoms with Crippen molar-refractivity contribution >= 4 is 29.6 Å². The van der Waals surface area contributed by atoms with Gasteiger partial charge >= 0.3 is 11.9 Å². The van der Waals surface area contributed by atoms with Gasteiger partial charge in [0, 0.05) is 42.0 Å². The van der Waals surface area contributed by atoms with Gasteiger partial charge in [0.2, 0.25) is 5.91 Å². The Morgan fingerprint density at radius 1 is 0.771 bits per heavy atom. The average molecular weight is 670 g/mol. The Hall–Kier alpha value is -4.48. The molecule has 1 aliphatic rings. The summed E-state index contributed by atoms with van der Waals surface area (Å²) in [4.78, 5) is 35.2. The van der Waals surface area contributed by atoms with E-state index in [-0.39, 0.29) is 36.7 Å². The average Bonchev–Trinajstić information content (AvgIpc) is 3.12. The number of hydrogen-bond acceptors (Lipinski definition) is 7. The second kappa shape index (κ2) is 17.1. The van der Waals surface area contributed by atoms with Gasteiger partial charge in [0.1, 0.15) is 0 Å². The number of benzene rings is 4. The second-order valence-corrected chi connectivity index (χ2v) is 12.8. The molecule has 48 heavy (non-hydrogen) atoms. The summed E-state index contributed by atoms with van der Waals surface area (Å²) >= 11 is 1.60. The van der Waals surface area contributed by atoms with Gasteiger partial charge in [0.15, 0.2) is 6.29 Å². The van der Waals surface area contributed by atoms with Crippen LogP contribution in [0.3, 0.4) is 0 Å². The molecule has 1 heterocycles. The van der Waals surface area contributed by atoms with E-state index in [4.69, 9.17) is 14.6 Å². The first-order valence-electron chi connectivity index (χ1n) is 15.9. The second-order valence-electron chi connectivity index (χ2n) is 11.7. The van der Waals surface area contributed by atoms with Crippen molar-refractivity contribution in [3.63, 3.8) is 0 Å². The number of carboxylic acid groups (broad SMARTS) is 2. The summed E-state index contributed by atoms with van der Waals surface area (Å²) in [6.07, 6.45) is 0.957. The van der Waals surface area contributed by atoms with Crippen LogP contribution in [0, 0.1) is 0 Å². The Balaban J connectivity index is 1.28. The van der Waals surface area contributed by atoms with Crippen molar-refractivity contribution in [3.05, 3.63) is 125 Å². The Bertz CT molecular complexity index is 1690. The number of hydrogen-bond donors (Lipinski definition) is 4. The van der Waals surface area contributed by atoms with Crippen molar-refractivity contribution in [2.75, 3.05) is 5.75 Å². The number of nitrogens with one attached hydrogen (secondary N) is 1. The largest absolute Gasteiger partial charge is 0.481 e. The van der Waals surface area contributed by atoms with Crippen LogP contribution in [0.1, 0.15) is 77.1 Å². The van der Waals surface area contributed by atoms with Gasteiger partial charge in [-0.1, -0.05) is 60.7 Å². The normalized spacial score (nSPS) is 17.5. The van der Waals surface area contributed by atoms with E-state index in [1.165, 1.54) is 0 Å². The number of carbonyl (C=O) groups is 3. The van der Waals surface area contributed by atoms with Crippen LogP contribution in [0.2, 0.25) is 0 Å². The van der Waals surface area contributed by atoms with E-state index in [9.17, 15) is 24.6 Å². The first-order valence-corrected chi connectivity index (χ1v) is 16.9. The molecule has 4 aromatic carbocycles. The maximum Gasteiger partial charge on any atom is 0.335 e. The Kier molecular flexibility index (Phi) is 12.4. The van der Waals surface area contributed by atoms with Crippen LogP contribution >= 0.6 is 11.8 Å². The number of amides is 1. The maximum atomic E-state index is 12.3. The van der Waals surface area contributed by atoms with E-state index < -0.39 is 18.2 Å². The Morgan fingerprint density at radius 2 is 1.48 bits per heavy atom. The summed E-state index contributed by atoms with van der Waals surface area (Å²) in [5, 5.41) is 30.4. The van der Waals surface area contributed by atoms with Gasteiger partial charge in [0.05, 0.1) is 24.4 Å². The lowest BCUT2D eigenvalue weighted by Gasteiger charge is -2.36. The van der Waals surface area contributed by atoms with Crippen molar-refractivity contribution in [1.82, 2.24) is 5.32 Å². The van der Waals surface area contributed by atoms with Crippen LogP contribution in [0.4, 0.5) is 0 Å². The molecule has 250 valence electrons. The quantitative estimate of drug-likeness (QED) is 0.0767. The van der Waals surface area contributed by atoms with E-state index in [0.717, 1.165) is 38.3 Å². The van der Waals surface area contributed by atoms with Crippen LogP contribution in [0.25, 0.3) is 11.1 Å². The van der Waals surface area contributed by atoms with E-state index in [1.54, 1.807) is 23.9 Å². The number of aromatic carboxylic acids is 1. The van der Waals surface area contributed by atoms with E-state index in [2.05, 4.69) is 11.4 Å². The van der Waals surface area contributed by atoms with Crippen LogP contribution in [0.15, 0.2) is 102 Å². The molecule has 1 aliphatic heterocycles. The van der Waals surface area contributed by atoms with Crippen LogP contribution < -0.4 is 5.32 Å². The van der Waals surface area contributed by atoms with Crippen molar-refractivity contribution in [3.8, 4) is 11.1 Å². The molecule has 1 fully saturated rings. The fourth-order valence-corrected chi connectivity index (χ4v) is 6.40. The summed E-state index contributed by atoms with van der Waals surface area (Å²) < 4.78 is 13.1. The third-order valence-electron chi connectivity index (χ3n) is 8.11. The topological polar surface area (TPSA) is 142 Å². The minimum Gasteiger partial charge on any atom is -0.481 e. The van der Waals surface area contributed by atoms with Crippen LogP contribution in [-0.4, -0.2) is 45.0 Å². The predicted octanol–water partition coefficient (Wildman–Crippen LogP) is 7.14. The SMILES string of the molecule is O=C(O)CCCCC(=O)NCc1cccc(-c2cccc([C@@H]3O[C@H](CSc4ccc(C(=O)O)cc4)C[C@H](c4ccc(CO)cc4)O3)c2)c1. The number of ether oxygens (including phenoxy) is 2. The number of carboxylic acids is 2. The van der Waals surface area contributed by atoms with Gasteiger partial charge in [0.25, 0.3) is 0 Å². The summed E-state index contributed by atoms with van der Waals surface area (Å²) in [6, 6.07) is 30.5. The fraction of sp³-hybridized carbons (Fsp3) is 0.289. The first kappa shape index (κ1) is 34.8. The van der Waals surface area contributed by atoms with Gasteiger partial charge in [-0.25, -0.2) is 4.79 Å².